The first kappa shape index (κ1) is 22.4. The summed E-state index contributed by atoms with van der Waals surface area (Å²) in [5.41, 5.74) is 8.50. The first-order valence-electron chi connectivity index (χ1n) is 11.7. The lowest BCUT2D eigenvalue weighted by Crippen LogP contribution is -2.52. The summed E-state index contributed by atoms with van der Waals surface area (Å²) in [6, 6.07) is 5.56. The second-order valence-electron chi connectivity index (χ2n) is 9.64. The molecule has 0 spiro atoms. The van der Waals surface area contributed by atoms with Crippen molar-refractivity contribution in [3.63, 3.8) is 0 Å². The van der Waals surface area contributed by atoms with Crippen LogP contribution in [0.3, 0.4) is 0 Å². The van der Waals surface area contributed by atoms with E-state index in [1.54, 1.807) is 19.0 Å². The molecule has 1 saturated heterocycles. The Morgan fingerprint density at radius 3 is 2.61 bits per heavy atom. The second kappa shape index (κ2) is 9.37. The molecule has 1 aliphatic carbocycles. The topological polar surface area (TPSA) is 69.9 Å². The quantitative estimate of drug-likeness (QED) is 0.753. The maximum absolute atomic E-state index is 13.3. The number of halogens is 1. The number of benzene rings is 1. The average molecular weight is 447 g/mol. The molecule has 2 fully saturated rings. The Hall–Kier alpha value is -1.79. The van der Waals surface area contributed by atoms with Crippen LogP contribution in [0, 0.1) is 5.92 Å². The van der Waals surface area contributed by atoms with E-state index in [2.05, 4.69) is 4.90 Å². The number of amides is 2. The van der Waals surface area contributed by atoms with Gasteiger partial charge in [-0.3, -0.25) is 9.59 Å². The van der Waals surface area contributed by atoms with Crippen LogP contribution in [0.5, 0.6) is 0 Å². The van der Waals surface area contributed by atoms with Gasteiger partial charge in [-0.2, -0.15) is 0 Å². The van der Waals surface area contributed by atoms with Gasteiger partial charge in [0.1, 0.15) is 0 Å². The highest BCUT2D eigenvalue weighted by Crippen LogP contribution is 2.39. The van der Waals surface area contributed by atoms with Crippen LogP contribution in [0.2, 0.25) is 5.02 Å². The smallest absolute Gasteiger partial charge is 0.240 e. The van der Waals surface area contributed by atoms with Crippen molar-refractivity contribution in [2.24, 2.45) is 11.7 Å². The standard InChI is InChI=1S/C24H35ClN4O2/c1-27(2)23(30)20-15-28(21-11-10-17(25)13-19(20)21)14-18-9-6-12-29(18)24(31)22(26)16-7-4-3-5-8-16/h10-11,13,16,18,20,22H,3-9,12,14-15,26H2,1-2H3/t18?,20?,22-/m0/s1. The minimum Gasteiger partial charge on any atom is -0.368 e. The molecule has 2 aliphatic heterocycles. The number of hydrogen-bond donors (Lipinski definition) is 1. The van der Waals surface area contributed by atoms with Crippen molar-refractivity contribution in [1.82, 2.24) is 9.80 Å². The maximum Gasteiger partial charge on any atom is 0.240 e. The zero-order chi connectivity index (χ0) is 22.1. The number of hydrogen-bond acceptors (Lipinski definition) is 4. The Labute approximate surface area is 190 Å². The number of rotatable bonds is 5. The van der Waals surface area contributed by atoms with E-state index in [-0.39, 0.29) is 29.8 Å². The summed E-state index contributed by atoms with van der Waals surface area (Å²) in [4.78, 5) is 32.0. The number of nitrogens with two attached hydrogens (primary N) is 1. The molecule has 2 N–H and O–H groups in total. The lowest BCUT2D eigenvalue weighted by atomic mass is 9.83. The fraction of sp³-hybridized carbons (Fsp3) is 0.667. The number of likely N-dealkylation sites (tertiary alicyclic amines) is 1. The summed E-state index contributed by atoms with van der Waals surface area (Å²) in [7, 11) is 3.58. The van der Waals surface area contributed by atoms with Crippen molar-refractivity contribution in [3.8, 4) is 0 Å². The molecular weight excluding hydrogens is 412 g/mol. The number of nitrogens with zero attached hydrogens (tertiary/aromatic N) is 3. The monoisotopic (exact) mass is 446 g/mol. The van der Waals surface area contributed by atoms with E-state index >= 15 is 0 Å². The van der Waals surface area contributed by atoms with Crippen LogP contribution >= 0.6 is 11.6 Å². The molecule has 170 valence electrons. The number of anilines is 1. The lowest BCUT2D eigenvalue weighted by molar-refractivity contribution is -0.135. The maximum atomic E-state index is 13.3. The van der Waals surface area contributed by atoms with E-state index < -0.39 is 0 Å². The Morgan fingerprint density at radius 1 is 1.16 bits per heavy atom. The van der Waals surface area contributed by atoms with Gasteiger partial charge in [-0.1, -0.05) is 30.9 Å². The van der Waals surface area contributed by atoms with Crippen molar-refractivity contribution in [2.45, 2.75) is 62.9 Å². The third-order valence-corrected chi connectivity index (χ3v) is 7.62. The molecule has 0 bridgehead atoms. The molecule has 3 aliphatic rings. The van der Waals surface area contributed by atoms with E-state index in [1.807, 2.05) is 23.1 Å². The number of carbonyl (C=O) groups excluding carboxylic acids is 2. The van der Waals surface area contributed by atoms with Gasteiger partial charge in [-0.25, -0.2) is 0 Å². The molecule has 2 amide bonds. The van der Waals surface area contributed by atoms with E-state index in [0.717, 1.165) is 50.0 Å². The van der Waals surface area contributed by atoms with Crippen molar-refractivity contribution in [3.05, 3.63) is 28.8 Å². The number of likely N-dealkylation sites (N-methyl/N-ethyl adjacent to an activating group) is 1. The van der Waals surface area contributed by atoms with Gasteiger partial charge in [0, 0.05) is 50.5 Å². The summed E-state index contributed by atoms with van der Waals surface area (Å²) in [5, 5.41) is 0.647. The van der Waals surface area contributed by atoms with E-state index in [4.69, 9.17) is 17.3 Å². The van der Waals surface area contributed by atoms with Crippen LogP contribution in [0.1, 0.15) is 56.4 Å². The molecule has 1 saturated carbocycles. The van der Waals surface area contributed by atoms with Crippen LogP contribution in [-0.2, 0) is 9.59 Å². The summed E-state index contributed by atoms with van der Waals surface area (Å²) < 4.78 is 0. The first-order valence-corrected chi connectivity index (χ1v) is 12.1. The van der Waals surface area contributed by atoms with Gasteiger partial charge in [0.25, 0.3) is 0 Å². The average Bonchev–Trinajstić information content (AvgIpc) is 3.37. The van der Waals surface area contributed by atoms with Crippen molar-refractivity contribution >= 4 is 29.1 Å². The fourth-order valence-corrected chi connectivity index (χ4v) is 5.84. The number of fused-ring (bicyclic) bond motifs is 1. The van der Waals surface area contributed by atoms with Crippen molar-refractivity contribution < 1.29 is 9.59 Å². The molecule has 2 heterocycles. The van der Waals surface area contributed by atoms with Crippen LogP contribution < -0.4 is 10.6 Å². The Bertz CT molecular complexity index is 824. The highest BCUT2D eigenvalue weighted by atomic mass is 35.5. The molecule has 4 rings (SSSR count). The SMILES string of the molecule is CN(C)C(=O)C1CN(CC2CCCN2C(=O)[C@@H](N)C2CCCCC2)c2ccc(Cl)cc21. The van der Waals surface area contributed by atoms with Crippen LogP contribution in [0.15, 0.2) is 18.2 Å². The van der Waals surface area contributed by atoms with Crippen molar-refractivity contribution in [2.75, 3.05) is 38.6 Å². The highest BCUT2D eigenvalue weighted by molar-refractivity contribution is 6.30. The Balaban J connectivity index is 1.49. The molecule has 1 aromatic carbocycles. The van der Waals surface area contributed by atoms with Gasteiger partial charge in [0.2, 0.25) is 11.8 Å². The first-order chi connectivity index (χ1) is 14.9. The zero-order valence-corrected chi connectivity index (χ0v) is 19.5. The summed E-state index contributed by atoms with van der Waals surface area (Å²) >= 11 is 6.25. The van der Waals surface area contributed by atoms with Gasteiger partial charge in [-0.05, 0) is 55.4 Å². The van der Waals surface area contributed by atoms with E-state index in [9.17, 15) is 9.59 Å². The minimum atomic E-state index is -0.381. The normalized spacial score (nSPS) is 24.9. The molecule has 1 aromatic rings. The zero-order valence-electron chi connectivity index (χ0n) is 18.7. The predicted molar refractivity (Wildman–Crippen MR) is 124 cm³/mol. The molecule has 0 aromatic heterocycles. The third kappa shape index (κ3) is 4.56. The van der Waals surface area contributed by atoms with Crippen LogP contribution in [0.25, 0.3) is 0 Å². The second-order valence-corrected chi connectivity index (χ2v) is 10.1. The van der Waals surface area contributed by atoms with Crippen LogP contribution in [-0.4, -0.2) is 67.4 Å². The van der Waals surface area contributed by atoms with Gasteiger partial charge in [0.05, 0.1) is 12.0 Å². The van der Waals surface area contributed by atoms with E-state index in [0.29, 0.717) is 17.5 Å². The molecule has 6 nitrogen and oxygen atoms in total. The van der Waals surface area contributed by atoms with Gasteiger partial charge in [-0.15, -0.1) is 0 Å². The van der Waals surface area contributed by atoms with Gasteiger partial charge >= 0.3 is 0 Å². The molecule has 31 heavy (non-hydrogen) atoms. The third-order valence-electron chi connectivity index (χ3n) is 7.38. The molecular formula is C24H35ClN4O2. The van der Waals surface area contributed by atoms with Gasteiger partial charge in [0.15, 0.2) is 0 Å². The Morgan fingerprint density at radius 2 is 1.90 bits per heavy atom. The largest absolute Gasteiger partial charge is 0.368 e. The minimum absolute atomic E-state index is 0.0877. The molecule has 7 heteroatoms. The molecule has 0 radical (unpaired) electrons. The highest BCUT2D eigenvalue weighted by Gasteiger charge is 2.39. The molecule has 3 atom stereocenters. The van der Waals surface area contributed by atoms with Gasteiger partial charge < -0.3 is 20.4 Å². The van der Waals surface area contributed by atoms with E-state index in [1.165, 1.54) is 19.3 Å². The fourth-order valence-electron chi connectivity index (χ4n) is 5.66. The molecule has 2 unspecified atom stereocenters. The lowest BCUT2D eigenvalue weighted by Gasteiger charge is -2.34. The summed E-state index contributed by atoms with van der Waals surface area (Å²) in [6.07, 6.45) is 7.76. The summed E-state index contributed by atoms with van der Waals surface area (Å²) in [5.74, 6) is 0.300. The predicted octanol–water partition coefficient (Wildman–Crippen LogP) is 3.23. The van der Waals surface area contributed by atoms with Crippen LogP contribution in [0.4, 0.5) is 5.69 Å². The van der Waals surface area contributed by atoms with Crippen molar-refractivity contribution in [1.29, 1.82) is 0 Å². The summed E-state index contributed by atoms with van der Waals surface area (Å²) in [6.45, 7) is 2.14. The number of carbonyl (C=O) groups is 2. The Kier molecular flexibility index (Phi) is 6.77.